The highest BCUT2D eigenvalue weighted by Gasteiger charge is 2.22. The minimum absolute atomic E-state index is 0.0321. The first-order chi connectivity index (χ1) is 8.56. The zero-order valence-electron chi connectivity index (χ0n) is 11.9. The van der Waals surface area contributed by atoms with Crippen molar-refractivity contribution in [2.45, 2.75) is 37.8 Å². The first-order valence-corrected chi connectivity index (χ1v) is 6.76. The van der Waals surface area contributed by atoms with Crippen molar-refractivity contribution in [2.24, 2.45) is 5.73 Å². The summed E-state index contributed by atoms with van der Waals surface area (Å²) in [5.41, 5.74) is 5.74. The number of likely N-dealkylation sites (N-methyl/N-ethyl adjacent to an activating group) is 1. The Morgan fingerprint density at radius 2 is 2.28 bits per heavy atom. The largest absolute Gasteiger partial charge is 0.383 e. The smallest absolute Gasteiger partial charge is 0.241 e. The Kier molecular flexibility index (Phi) is 6.60. The molecule has 0 aliphatic carbocycles. The van der Waals surface area contributed by atoms with Gasteiger partial charge in [0.15, 0.2) is 0 Å². The summed E-state index contributed by atoms with van der Waals surface area (Å²) in [6.07, 6.45) is 4.86. The van der Waals surface area contributed by atoms with E-state index in [9.17, 15) is 4.79 Å². The van der Waals surface area contributed by atoms with Gasteiger partial charge < -0.3 is 20.3 Å². The van der Waals surface area contributed by atoms with E-state index in [0.717, 1.165) is 13.0 Å². The predicted molar refractivity (Wildman–Crippen MR) is 72.4 cm³/mol. The molecule has 2 atom stereocenters. The topological polar surface area (TPSA) is 58.8 Å². The Morgan fingerprint density at radius 3 is 2.89 bits per heavy atom. The molecule has 1 heterocycles. The van der Waals surface area contributed by atoms with Crippen LogP contribution in [0.4, 0.5) is 0 Å². The van der Waals surface area contributed by atoms with E-state index in [-0.39, 0.29) is 12.5 Å². The molecule has 0 saturated carbocycles. The highest BCUT2D eigenvalue weighted by Crippen LogP contribution is 2.17. The molecule has 5 heteroatoms. The summed E-state index contributed by atoms with van der Waals surface area (Å²) >= 11 is 0. The Balaban J connectivity index is 2.31. The van der Waals surface area contributed by atoms with Crippen molar-refractivity contribution < 1.29 is 9.53 Å². The molecule has 0 aromatic rings. The zero-order valence-corrected chi connectivity index (χ0v) is 11.9. The fourth-order valence-electron chi connectivity index (χ4n) is 2.50. The second kappa shape index (κ2) is 7.71. The maximum atomic E-state index is 11.9. The normalized spacial score (nSPS) is 22.8. The summed E-state index contributed by atoms with van der Waals surface area (Å²) in [5.74, 6) is -0.0321. The Hall–Kier alpha value is -0.650. The van der Waals surface area contributed by atoms with E-state index in [1.165, 1.54) is 25.8 Å². The molecule has 1 rings (SSSR count). The van der Waals surface area contributed by atoms with Crippen molar-refractivity contribution in [1.82, 2.24) is 9.80 Å². The van der Waals surface area contributed by atoms with E-state index in [1.807, 2.05) is 7.05 Å². The van der Waals surface area contributed by atoms with Crippen molar-refractivity contribution >= 4 is 5.91 Å². The average molecular weight is 257 g/mol. The molecule has 1 aliphatic heterocycles. The first kappa shape index (κ1) is 15.4. The summed E-state index contributed by atoms with van der Waals surface area (Å²) in [7, 11) is 5.55. The van der Waals surface area contributed by atoms with Crippen LogP contribution in [0.3, 0.4) is 0 Å². The monoisotopic (exact) mass is 257 g/mol. The molecule has 0 bridgehead atoms. The maximum absolute atomic E-state index is 11.9. The number of carbonyl (C=O) groups is 1. The third-order valence-corrected chi connectivity index (χ3v) is 3.76. The number of piperidine rings is 1. The maximum Gasteiger partial charge on any atom is 0.241 e. The minimum atomic E-state index is -0.538. The van der Waals surface area contributed by atoms with E-state index in [4.69, 9.17) is 10.5 Å². The quantitative estimate of drug-likeness (QED) is 0.743. The van der Waals surface area contributed by atoms with Crippen LogP contribution >= 0.6 is 0 Å². The number of hydrogen-bond donors (Lipinski definition) is 1. The van der Waals surface area contributed by atoms with Crippen molar-refractivity contribution in [3.63, 3.8) is 0 Å². The van der Waals surface area contributed by atoms with Gasteiger partial charge in [0.25, 0.3) is 0 Å². The Bertz CT molecular complexity index is 261. The van der Waals surface area contributed by atoms with Gasteiger partial charge in [0.1, 0.15) is 6.04 Å². The molecule has 0 radical (unpaired) electrons. The van der Waals surface area contributed by atoms with Crippen LogP contribution in [0.2, 0.25) is 0 Å². The van der Waals surface area contributed by atoms with Gasteiger partial charge in [-0.05, 0) is 32.9 Å². The molecule has 0 spiro atoms. The van der Waals surface area contributed by atoms with Crippen LogP contribution < -0.4 is 5.73 Å². The molecular formula is C13H27N3O2. The lowest BCUT2D eigenvalue weighted by Crippen LogP contribution is -2.46. The predicted octanol–water partition coefficient (Wildman–Crippen LogP) is 0.293. The molecule has 2 N–H and O–H groups in total. The van der Waals surface area contributed by atoms with Crippen LogP contribution in [0.1, 0.15) is 25.7 Å². The van der Waals surface area contributed by atoms with Crippen LogP contribution in [0.5, 0.6) is 0 Å². The molecule has 0 aromatic heterocycles. The molecule has 18 heavy (non-hydrogen) atoms. The van der Waals surface area contributed by atoms with Crippen LogP contribution in [0.25, 0.3) is 0 Å². The third kappa shape index (κ3) is 4.55. The van der Waals surface area contributed by atoms with Crippen LogP contribution in [-0.2, 0) is 9.53 Å². The summed E-state index contributed by atoms with van der Waals surface area (Å²) in [6, 6.07) is 0.0664. The summed E-state index contributed by atoms with van der Waals surface area (Å²) in [5, 5.41) is 0. The Morgan fingerprint density at radius 1 is 1.56 bits per heavy atom. The third-order valence-electron chi connectivity index (χ3n) is 3.76. The summed E-state index contributed by atoms with van der Waals surface area (Å²) < 4.78 is 4.91. The van der Waals surface area contributed by atoms with Gasteiger partial charge in [-0.25, -0.2) is 0 Å². The number of carbonyl (C=O) groups excluding carboxylic acids is 1. The fourth-order valence-corrected chi connectivity index (χ4v) is 2.50. The van der Waals surface area contributed by atoms with E-state index >= 15 is 0 Å². The lowest BCUT2D eigenvalue weighted by molar-refractivity contribution is -0.132. The number of ether oxygens (including phenoxy) is 1. The molecule has 2 unspecified atom stereocenters. The zero-order chi connectivity index (χ0) is 13.5. The highest BCUT2D eigenvalue weighted by molar-refractivity contribution is 5.81. The van der Waals surface area contributed by atoms with Gasteiger partial charge in [0.05, 0.1) is 6.61 Å². The lowest BCUT2D eigenvalue weighted by Gasteiger charge is -2.33. The van der Waals surface area contributed by atoms with E-state index in [1.54, 1.807) is 12.0 Å². The van der Waals surface area contributed by atoms with Crippen molar-refractivity contribution in [2.75, 3.05) is 40.9 Å². The van der Waals surface area contributed by atoms with Gasteiger partial charge in [-0.2, -0.15) is 0 Å². The number of methoxy groups -OCH3 is 1. The fraction of sp³-hybridized carbons (Fsp3) is 0.923. The van der Waals surface area contributed by atoms with Gasteiger partial charge in [-0.1, -0.05) is 6.42 Å². The van der Waals surface area contributed by atoms with Gasteiger partial charge >= 0.3 is 0 Å². The number of amides is 1. The van der Waals surface area contributed by atoms with Gasteiger partial charge in [0, 0.05) is 26.7 Å². The van der Waals surface area contributed by atoms with E-state index in [2.05, 4.69) is 11.9 Å². The number of nitrogens with zero attached hydrogens (tertiary/aromatic N) is 2. The number of hydrogen-bond acceptors (Lipinski definition) is 4. The number of likely N-dealkylation sites (tertiary alicyclic amines) is 1. The van der Waals surface area contributed by atoms with Crippen molar-refractivity contribution in [1.29, 1.82) is 0 Å². The minimum Gasteiger partial charge on any atom is -0.383 e. The van der Waals surface area contributed by atoms with Crippen LogP contribution in [0, 0.1) is 0 Å². The second-order valence-electron chi connectivity index (χ2n) is 5.24. The molecular weight excluding hydrogens is 230 g/mol. The van der Waals surface area contributed by atoms with Crippen molar-refractivity contribution in [3.8, 4) is 0 Å². The molecule has 1 aliphatic rings. The van der Waals surface area contributed by atoms with Crippen LogP contribution in [0.15, 0.2) is 0 Å². The van der Waals surface area contributed by atoms with Gasteiger partial charge in [-0.15, -0.1) is 0 Å². The molecule has 106 valence electrons. The van der Waals surface area contributed by atoms with Gasteiger partial charge in [-0.3, -0.25) is 4.79 Å². The summed E-state index contributed by atoms with van der Waals surface area (Å²) in [4.78, 5) is 16.0. The molecule has 1 amide bonds. The van der Waals surface area contributed by atoms with E-state index < -0.39 is 6.04 Å². The second-order valence-corrected chi connectivity index (χ2v) is 5.24. The molecule has 5 nitrogen and oxygen atoms in total. The van der Waals surface area contributed by atoms with E-state index in [0.29, 0.717) is 6.04 Å². The Labute approximate surface area is 110 Å². The van der Waals surface area contributed by atoms with Gasteiger partial charge in [0.2, 0.25) is 5.91 Å². The van der Waals surface area contributed by atoms with Crippen molar-refractivity contribution in [3.05, 3.63) is 0 Å². The molecule has 1 fully saturated rings. The summed E-state index contributed by atoms with van der Waals surface area (Å²) in [6.45, 7) is 2.23. The highest BCUT2D eigenvalue weighted by atomic mass is 16.5. The standard InChI is InChI=1S/C13H27N3O2/c1-15-8-5-4-6-11(15)7-9-16(2)13(17)12(14)10-18-3/h11-12H,4-10,14H2,1-3H3. The molecule has 0 aromatic carbocycles. The number of nitrogens with two attached hydrogens (primary N) is 1. The lowest BCUT2D eigenvalue weighted by atomic mass is 10.00. The van der Waals surface area contributed by atoms with Crippen LogP contribution in [-0.4, -0.2) is 68.7 Å². The first-order valence-electron chi connectivity index (χ1n) is 6.76. The SMILES string of the molecule is COCC(N)C(=O)N(C)CCC1CCCCN1C. The average Bonchev–Trinajstić information content (AvgIpc) is 2.36. The number of rotatable bonds is 6. The molecule has 1 saturated heterocycles.